The van der Waals surface area contributed by atoms with Crippen LogP contribution in [0, 0.1) is 17.7 Å². The molecular weight excluding hydrogens is 545 g/mol. The standard InChI is InChI=1S/C31H34FN3O7/c1-34(2)25-19-12-16-11-18-22(26(37)21(16)28(39)31(19,42)29(40)23(27(25)38)30(33)41)20(36)13-17(24(18)32)14-35(3)10-9-15-7-5-4-6-8-15/h4-8,13,16,19,25,36,38-39,42H,9-12,14H2,1-3H3,(H2,33,41)/t16-,19-,25-,31-/m0/s1. The summed E-state index contributed by atoms with van der Waals surface area (Å²) in [6, 6.07) is 9.89. The molecule has 222 valence electrons. The highest BCUT2D eigenvalue weighted by atomic mass is 19.1. The lowest BCUT2D eigenvalue weighted by molar-refractivity contribution is -0.148. The lowest BCUT2D eigenvalue weighted by Crippen LogP contribution is -2.63. The van der Waals surface area contributed by atoms with Crippen molar-refractivity contribution in [1.82, 2.24) is 9.80 Å². The summed E-state index contributed by atoms with van der Waals surface area (Å²) in [5.74, 6) is -8.30. The SMILES string of the molecule is CN(CCc1ccccc1)Cc1cc(O)c2c(c1F)C[C@H]1C[C@H]3[C@H](N(C)C)C(O)=C(C(N)=O)C(=O)[C@@]3(O)C(O)=C1C2=O. The monoisotopic (exact) mass is 579 g/mol. The lowest BCUT2D eigenvalue weighted by atomic mass is 9.58. The number of phenols is 1. The molecule has 11 heteroatoms. The summed E-state index contributed by atoms with van der Waals surface area (Å²) < 4.78 is 16.0. The number of primary amides is 1. The Morgan fingerprint density at radius 3 is 2.40 bits per heavy atom. The minimum atomic E-state index is -2.74. The maximum Gasteiger partial charge on any atom is 0.255 e. The van der Waals surface area contributed by atoms with Crippen LogP contribution >= 0.6 is 0 Å². The van der Waals surface area contributed by atoms with Crippen molar-refractivity contribution < 1.29 is 39.2 Å². The zero-order chi connectivity index (χ0) is 30.7. The summed E-state index contributed by atoms with van der Waals surface area (Å²) in [4.78, 5) is 42.5. The van der Waals surface area contributed by atoms with Crippen molar-refractivity contribution in [2.45, 2.75) is 37.5 Å². The van der Waals surface area contributed by atoms with Gasteiger partial charge in [-0.05, 0) is 58.0 Å². The number of carbonyl (C=O) groups is 3. The van der Waals surface area contributed by atoms with Gasteiger partial charge in [-0.15, -0.1) is 0 Å². The third-order valence-electron chi connectivity index (χ3n) is 8.80. The number of hydrogen-bond acceptors (Lipinski definition) is 9. The lowest BCUT2D eigenvalue weighted by Gasteiger charge is -2.50. The molecule has 0 unspecified atom stereocenters. The van der Waals surface area contributed by atoms with E-state index in [-0.39, 0.29) is 41.6 Å². The Kier molecular flexibility index (Phi) is 7.46. The van der Waals surface area contributed by atoms with Crippen LogP contribution in [0.3, 0.4) is 0 Å². The molecule has 0 aromatic heterocycles. The molecular formula is C31H34FN3O7. The summed E-state index contributed by atoms with van der Waals surface area (Å²) in [7, 11) is 4.92. The van der Waals surface area contributed by atoms with E-state index in [1.165, 1.54) is 11.0 Å². The first-order valence-electron chi connectivity index (χ1n) is 13.7. The molecule has 0 heterocycles. The first kappa shape index (κ1) is 29.4. The Morgan fingerprint density at radius 1 is 1.12 bits per heavy atom. The van der Waals surface area contributed by atoms with Crippen LogP contribution in [0.25, 0.3) is 0 Å². The molecule has 0 saturated carbocycles. The van der Waals surface area contributed by atoms with Crippen LogP contribution < -0.4 is 5.73 Å². The van der Waals surface area contributed by atoms with Gasteiger partial charge in [0.1, 0.15) is 28.7 Å². The van der Waals surface area contributed by atoms with Gasteiger partial charge in [-0.25, -0.2) is 4.39 Å². The number of rotatable bonds is 7. The molecule has 3 aliphatic rings. The van der Waals surface area contributed by atoms with E-state index in [2.05, 4.69) is 0 Å². The topological polar surface area (TPSA) is 165 Å². The molecule has 3 aliphatic carbocycles. The van der Waals surface area contributed by atoms with E-state index >= 15 is 4.39 Å². The number of hydrogen-bond donors (Lipinski definition) is 5. The predicted molar refractivity (Wildman–Crippen MR) is 150 cm³/mol. The zero-order valence-corrected chi connectivity index (χ0v) is 23.6. The Hall–Kier alpha value is -4.06. The van der Waals surface area contributed by atoms with E-state index in [0.29, 0.717) is 6.54 Å². The highest BCUT2D eigenvalue weighted by Crippen LogP contribution is 2.52. The number of Topliss-reactive ketones (excluding diaryl/α,β-unsaturated/α-hetero) is 2. The number of aliphatic hydroxyl groups excluding tert-OH is 2. The fourth-order valence-corrected chi connectivity index (χ4v) is 6.80. The van der Waals surface area contributed by atoms with Crippen molar-refractivity contribution in [2.24, 2.45) is 17.6 Å². The zero-order valence-electron chi connectivity index (χ0n) is 23.6. The normalized spacial score (nSPS) is 25.5. The number of aliphatic hydroxyl groups is 3. The highest BCUT2D eigenvalue weighted by Gasteiger charge is 2.63. The first-order chi connectivity index (χ1) is 19.8. The number of phenolic OH excluding ortho intramolecular Hbond substituents is 1. The van der Waals surface area contributed by atoms with Crippen molar-refractivity contribution in [3.8, 4) is 5.75 Å². The second-order valence-electron chi connectivity index (χ2n) is 11.7. The number of benzene rings is 2. The smallest absolute Gasteiger partial charge is 0.255 e. The molecule has 0 fully saturated rings. The number of allylic oxidation sites excluding steroid dienone is 1. The second-order valence-corrected chi connectivity index (χ2v) is 11.7. The Morgan fingerprint density at radius 2 is 1.79 bits per heavy atom. The Bertz CT molecular complexity index is 1550. The van der Waals surface area contributed by atoms with Crippen LogP contribution in [0.2, 0.25) is 0 Å². The minimum Gasteiger partial charge on any atom is -0.510 e. The quantitative estimate of drug-likeness (QED) is 0.308. The highest BCUT2D eigenvalue weighted by molar-refractivity contribution is 6.24. The van der Waals surface area contributed by atoms with Gasteiger partial charge in [-0.1, -0.05) is 30.3 Å². The average molecular weight is 580 g/mol. The fraction of sp³-hybridized carbons (Fsp3) is 0.387. The molecule has 5 rings (SSSR count). The molecule has 0 aliphatic heterocycles. The van der Waals surface area contributed by atoms with Gasteiger partial charge in [0.15, 0.2) is 11.4 Å². The van der Waals surface area contributed by atoms with Crippen molar-refractivity contribution >= 4 is 17.5 Å². The molecule has 42 heavy (non-hydrogen) atoms. The molecule has 1 amide bonds. The van der Waals surface area contributed by atoms with Crippen molar-refractivity contribution in [3.63, 3.8) is 0 Å². The third kappa shape index (κ3) is 4.48. The number of carbonyl (C=O) groups excluding carboxylic acids is 3. The molecule has 0 bridgehead atoms. The number of halogens is 1. The van der Waals surface area contributed by atoms with Gasteiger partial charge >= 0.3 is 0 Å². The number of likely N-dealkylation sites (N-methyl/N-ethyl adjacent to an activating group) is 2. The van der Waals surface area contributed by atoms with Crippen molar-refractivity contribution in [3.05, 3.63) is 87.1 Å². The molecule has 0 spiro atoms. The molecule has 10 nitrogen and oxygen atoms in total. The average Bonchev–Trinajstić information content (AvgIpc) is 2.92. The summed E-state index contributed by atoms with van der Waals surface area (Å²) in [5.41, 5.74) is 2.38. The second kappa shape index (κ2) is 10.6. The van der Waals surface area contributed by atoms with Gasteiger partial charge in [0, 0.05) is 35.7 Å². The number of aromatic hydroxyl groups is 1. The van der Waals surface area contributed by atoms with E-state index in [0.717, 1.165) is 12.0 Å². The van der Waals surface area contributed by atoms with E-state index < -0.39 is 69.6 Å². The van der Waals surface area contributed by atoms with E-state index in [9.17, 15) is 34.8 Å². The van der Waals surface area contributed by atoms with Gasteiger partial charge in [0.25, 0.3) is 5.91 Å². The number of ketones is 2. The van der Waals surface area contributed by atoms with Crippen molar-refractivity contribution in [1.29, 1.82) is 0 Å². The summed E-state index contributed by atoms with van der Waals surface area (Å²) in [6.45, 7) is 0.786. The Balaban J connectivity index is 1.52. The van der Waals surface area contributed by atoms with E-state index in [1.807, 2.05) is 42.3 Å². The van der Waals surface area contributed by atoms with Gasteiger partial charge in [0.2, 0.25) is 5.78 Å². The largest absolute Gasteiger partial charge is 0.510 e. The van der Waals surface area contributed by atoms with Crippen LogP contribution in [0.15, 0.2) is 59.1 Å². The van der Waals surface area contributed by atoms with Gasteiger partial charge in [0.05, 0.1) is 11.6 Å². The van der Waals surface area contributed by atoms with Gasteiger partial charge < -0.3 is 31.1 Å². The van der Waals surface area contributed by atoms with Crippen molar-refractivity contribution in [2.75, 3.05) is 27.7 Å². The minimum absolute atomic E-state index is 0.0143. The predicted octanol–water partition coefficient (Wildman–Crippen LogP) is 1.93. The number of amides is 1. The maximum atomic E-state index is 16.0. The fourth-order valence-electron chi connectivity index (χ4n) is 6.80. The van der Waals surface area contributed by atoms with E-state index in [4.69, 9.17) is 5.73 Å². The van der Waals surface area contributed by atoms with Crippen LogP contribution in [-0.4, -0.2) is 87.0 Å². The third-order valence-corrected chi connectivity index (χ3v) is 8.80. The number of nitrogens with two attached hydrogens (primary N) is 1. The summed E-state index contributed by atoms with van der Waals surface area (Å²) in [6.07, 6.45) is 0.529. The summed E-state index contributed by atoms with van der Waals surface area (Å²) in [5, 5.41) is 44.7. The molecule has 0 radical (unpaired) electrons. The van der Waals surface area contributed by atoms with Gasteiger partial charge in [-0.3, -0.25) is 19.3 Å². The van der Waals surface area contributed by atoms with E-state index in [1.54, 1.807) is 14.1 Å². The Labute approximate surface area is 242 Å². The maximum absolute atomic E-state index is 16.0. The molecule has 4 atom stereocenters. The molecule has 6 N–H and O–H groups in total. The van der Waals surface area contributed by atoms with Crippen LogP contribution in [0.4, 0.5) is 4.39 Å². The summed E-state index contributed by atoms with van der Waals surface area (Å²) >= 11 is 0. The molecule has 2 aromatic rings. The number of fused-ring (bicyclic) bond motifs is 3. The molecule has 2 aromatic carbocycles. The van der Waals surface area contributed by atoms with Gasteiger partial charge in [-0.2, -0.15) is 0 Å². The first-order valence-corrected chi connectivity index (χ1v) is 13.7. The number of nitrogens with zero attached hydrogens (tertiary/aromatic N) is 2. The van der Waals surface area contributed by atoms with Crippen LogP contribution in [-0.2, 0) is 29.0 Å². The van der Waals surface area contributed by atoms with Crippen LogP contribution in [0.1, 0.15) is 33.5 Å². The van der Waals surface area contributed by atoms with Crippen LogP contribution in [0.5, 0.6) is 5.75 Å². The molecule has 0 saturated heterocycles.